The molecular weight excluding hydrogens is 292 g/mol. The fourth-order valence-electron chi connectivity index (χ4n) is 3.81. The summed E-state index contributed by atoms with van der Waals surface area (Å²) in [6.07, 6.45) is 2.16. The predicted octanol–water partition coefficient (Wildman–Crippen LogP) is 5.56. The highest BCUT2D eigenvalue weighted by Crippen LogP contribution is 2.47. The number of benzene rings is 3. The van der Waals surface area contributed by atoms with E-state index in [4.69, 9.17) is 9.97 Å². The van der Waals surface area contributed by atoms with Crippen molar-refractivity contribution >= 4 is 21.8 Å². The van der Waals surface area contributed by atoms with Gasteiger partial charge in [-0.3, -0.25) is 0 Å². The van der Waals surface area contributed by atoms with Gasteiger partial charge in [-0.15, -0.1) is 0 Å². The van der Waals surface area contributed by atoms with E-state index in [0.29, 0.717) is 0 Å². The topological polar surface area (TPSA) is 25.8 Å². The van der Waals surface area contributed by atoms with Gasteiger partial charge in [-0.1, -0.05) is 38.1 Å². The summed E-state index contributed by atoms with van der Waals surface area (Å²) in [6, 6.07) is 17.4. The fourth-order valence-corrected chi connectivity index (χ4v) is 3.81. The summed E-state index contributed by atoms with van der Waals surface area (Å²) in [5, 5.41) is 2.62. The van der Waals surface area contributed by atoms with Crippen LogP contribution in [-0.4, -0.2) is 9.97 Å². The number of para-hydroxylation sites is 2. The molecule has 0 spiro atoms. The molecule has 0 saturated heterocycles. The number of rotatable bonds is 2. The van der Waals surface area contributed by atoms with Crippen LogP contribution in [0.15, 0.2) is 48.5 Å². The lowest BCUT2D eigenvalue weighted by Crippen LogP contribution is -2.05. The lowest BCUT2D eigenvalue weighted by Gasteiger charge is -2.23. The molecule has 0 unspecified atom stereocenters. The molecule has 2 heteroatoms. The van der Waals surface area contributed by atoms with E-state index in [1.54, 1.807) is 0 Å². The molecule has 5 rings (SSSR count). The normalized spacial score (nSPS) is 12.1. The van der Waals surface area contributed by atoms with E-state index in [0.717, 1.165) is 35.3 Å². The van der Waals surface area contributed by atoms with Gasteiger partial charge >= 0.3 is 0 Å². The average molecular weight is 310 g/mol. The molecule has 0 aliphatic heterocycles. The number of hydrogen-bond donors (Lipinski definition) is 0. The highest BCUT2D eigenvalue weighted by molar-refractivity contribution is 6.07. The van der Waals surface area contributed by atoms with Crippen molar-refractivity contribution in [3.8, 4) is 22.5 Å². The van der Waals surface area contributed by atoms with E-state index in [1.807, 2.05) is 24.3 Å². The first-order valence-electron chi connectivity index (χ1n) is 8.65. The van der Waals surface area contributed by atoms with Crippen LogP contribution in [0.1, 0.15) is 25.0 Å². The van der Waals surface area contributed by atoms with Crippen molar-refractivity contribution in [3.63, 3.8) is 0 Å². The van der Waals surface area contributed by atoms with Gasteiger partial charge in [0.1, 0.15) is 0 Å². The second-order valence-corrected chi connectivity index (χ2v) is 6.48. The standard InChI is InChI=1S/C22H18N2/c1-3-13-9-15-11-17-18(12-16(15)10-14(13)4-2)22-21(17)23-19-7-5-6-8-20(19)24-22/h5-12H,3-4H2,1-2H3. The minimum atomic E-state index is 0.970. The summed E-state index contributed by atoms with van der Waals surface area (Å²) in [7, 11) is 0. The van der Waals surface area contributed by atoms with Crippen LogP contribution in [0.25, 0.3) is 44.3 Å². The van der Waals surface area contributed by atoms with Gasteiger partial charge in [0.05, 0.1) is 22.4 Å². The first kappa shape index (κ1) is 13.7. The Morgan fingerprint density at radius 1 is 0.667 bits per heavy atom. The van der Waals surface area contributed by atoms with Crippen molar-refractivity contribution < 1.29 is 0 Å². The number of aryl methyl sites for hydroxylation is 2. The molecular formula is C22H18N2. The Morgan fingerprint density at radius 2 is 1.12 bits per heavy atom. The molecule has 24 heavy (non-hydrogen) atoms. The van der Waals surface area contributed by atoms with Crippen LogP contribution >= 0.6 is 0 Å². The fraction of sp³-hybridized carbons (Fsp3) is 0.182. The van der Waals surface area contributed by atoms with Crippen molar-refractivity contribution in [2.75, 3.05) is 0 Å². The Bertz CT molecular complexity index is 1040. The summed E-state index contributed by atoms with van der Waals surface area (Å²) < 4.78 is 0. The summed E-state index contributed by atoms with van der Waals surface area (Å²) in [4.78, 5) is 9.65. The highest BCUT2D eigenvalue weighted by atomic mass is 14.9. The van der Waals surface area contributed by atoms with Crippen LogP contribution < -0.4 is 0 Å². The SMILES string of the molecule is CCc1cc2cc3c(cc2cc1CC)-c1nc2ccccc2nc1-3. The molecule has 0 saturated carbocycles. The first-order valence-corrected chi connectivity index (χ1v) is 8.65. The van der Waals surface area contributed by atoms with Crippen LogP contribution in [0, 0.1) is 0 Å². The van der Waals surface area contributed by atoms with Crippen LogP contribution in [0.3, 0.4) is 0 Å². The maximum absolute atomic E-state index is 4.82. The van der Waals surface area contributed by atoms with Crippen molar-refractivity contribution in [2.24, 2.45) is 0 Å². The van der Waals surface area contributed by atoms with E-state index in [9.17, 15) is 0 Å². The zero-order valence-electron chi connectivity index (χ0n) is 13.9. The smallest absolute Gasteiger partial charge is 0.0980 e. The quantitative estimate of drug-likeness (QED) is 0.427. The zero-order chi connectivity index (χ0) is 16.3. The summed E-state index contributed by atoms with van der Waals surface area (Å²) in [5.74, 6) is 0. The van der Waals surface area contributed by atoms with Gasteiger partial charge in [-0.2, -0.15) is 0 Å². The van der Waals surface area contributed by atoms with E-state index in [-0.39, 0.29) is 0 Å². The predicted molar refractivity (Wildman–Crippen MR) is 100 cm³/mol. The minimum absolute atomic E-state index is 0.970. The van der Waals surface area contributed by atoms with Crippen molar-refractivity contribution in [3.05, 3.63) is 59.7 Å². The van der Waals surface area contributed by atoms with E-state index >= 15 is 0 Å². The number of fused-ring (bicyclic) bond motifs is 6. The maximum atomic E-state index is 4.82. The third kappa shape index (κ3) is 1.77. The molecule has 116 valence electrons. The maximum Gasteiger partial charge on any atom is 0.0980 e. The average Bonchev–Trinajstić information content (AvgIpc) is 2.64. The van der Waals surface area contributed by atoms with Crippen molar-refractivity contribution in [1.29, 1.82) is 0 Å². The summed E-state index contributed by atoms with van der Waals surface area (Å²) >= 11 is 0. The first-order chi connectivity index (χ1) is 11.8. The van der Waals surface area contributed by atoms with E-state index < -0.39 is 0 Å². The molecule has 2 nitrogen and oxygen atoms in total. The number of nitrogens with zero attached hydrogens (tertiary/aromatic N) is 2. The second kappa shape index (κ2) is 4.88. The Kier molecular flexibility index (Phi) is 2.78. The molecule has 1 aliphatic rings. The molecule has 3 aromatic carbocycles. The van der Waals surface area contributed by atoms with Crippen LogP contribution in [0.4, 0.5) is 0 Å². The summed E-state index contributed by atoms with van der Waals surface area (Å²) in [6.45, 7) is 4.46. The van der Waals surface area contributed by atoms with Gasteiger partial charge in [0.15, 0.2) is 0 Å². The highest BCUT2D eigenvalue weighted by Gasteiger charge is 2.27. The van der Waals surface area contributed by atoms with Gasteiger partial charge < -0.3 is 0 Å². The number of aromatic nitrogens is 2. The van der Waals surface area contributed by atoms with Crippen molar-refractivity contribution in [1.82, 2.24) is 9.97 Å². The molecule has 0 N–H and O–H groups in total. The molecule has 1 heterocycles. The lowest BCUT2D eigenvalue weighted by atomic mass is 9.85. The molecule has 0 fully saturated rings. The molecule has 1 aliphatic carbocycles. The third-order valence-electron chi connectivity index (χ3n) is 5.14. The monoisotopic (exact) mass is 310 g/mol. The molecule has 0 radical (unpaired) electrons. The zero-order valence-corrected chi connectivity index (χ0v) is 13.9. The minimum Gasteiger partial charge on any atom is -0.244 e. The Balaban J connectivity index is 1.76. The lowest BCUT2D eigenvalue weighted by molar-refractivity contribution is 1.04. The molecule has 0 atom stereocenters. The summed E-state index contributed by atoms with van der Waals surface area (Å²) in [5.41, 5.74) is 9.41. The Hall–Kier alpha value is -2.74. The molecule has 4 aromatic rings. The molecule has 0 bridgehead atoms. The van der Waals surface area contributed by atoms with Gasteiger partial charge in [0.2, 0.25) is 0 Å². The van der Waals surface area contributed by atoms with Gasteiger partial charge in [-0.05, 0) is 59.0 Å². The Morgan fingerprint density at radius 3 is 1.54 bits per heavy atom. The van der Waals surface area contributed by atoms with Gasteiger partial charge in [0.25, 0.3) is 0 Å². The molecule has 0 amide bonds. The van der Waals surface area contributed by atoms with E-state index in [2.05, 4.69) is 38.1 Å². The second-order valence-electron chi connectivity index (χ2n) is 6.48. The van der Waals surface area contributed by atoms with Crippen molar-refractivity contribution in [2.45, 2.75) is 26.7 Å². The molecule has 1 aromatic heterocycles. The van der Waals surface area contributed by atoms with E-state index in [1.165, 1.54) is 33.0 Å². The third-order valence-corrected chi connectivity index (χ3v) is 5.14. The Labute approximate surface area is 141 Å². The van der Waals surface area contributed by atoms with Crippen LogP contribution in [0.2, 0.25) is 0 Å². The van der Waals surface area contributed by atoms with Gasteiger partial charge in [0, 0.05) is 11.1 Å². The largest absolute Gasteiger partial charge is 0.244 e. The number of hydrogen-bond acceptors (Lipinski definition) is 2. The van der Waals surface area contributed by atoms with Crippen LogP contribution in [-0.2, 0) is 12.8 Å². The van der Waals surface area contributed by atoms with Gasteiger partial charge in [-0.25, -0.2) is 9.97 Å². The van der Waals surface area contributed by atoms with Crippen LogP contribution in [0.5, 0.6) is 0 Å².